The Balaban J connectivity index is 1.67. The molecule has 0 bridgehead atoms. The van der Waals surface area contributed by atoms with E-state index in [2.05, 4.69) is 10.3 Å². The number of ether oxygens (including phenoxy) is 1. The number of thiophene rings is 2. The number of nitrogens with one attached hydrogen (secondary N) is 1. The van der Waals surface area contributed by atoms with Crippen LogP contribution in [-0.2, 0) is 12.8 Å². The average Bonchev–Trinajstić information content (AvgIpc) is 3.37. The Morgan fingerprint density at radius 2 is 2.12 bits per heavy atom. The lowest BCUT2D eigenvalue weighted by atomic mass is 10.1. The number of amides is 1. The van der Waals surface area contributed by atoms with E-state index in [-0.39, 0.29) is 5.91 Å². The minimum Gasteiger partial charge on any atom is -0.495 e. The molecule has 1 N–H and O–H groups in total. The summed E-state index contributed by atoms with van der Waals surface area (Å²) in [6, 6.07) is 11.5. The van der Waals surface area contributed by atoms with Gasteiger partial charge in [0.25, 0.3) is 5.91 Å². The number of carbonyl (C=O) groups excluding carboxylic acids is 1. The number of aliphatic imine (C=N–C) groups is 1. The summed E-state index contributed by atoms with van der Waals surface area (Å²) in [4.78, 5) is 20.0. The maximum absolute atomic E-state index is 13.1. The third-order valence-corrected chi connectivity index (χ3v) is 6.34. The van der Waals surface area contributed by atoms with Crippen molar-refractivity contribution in [2.24, 2.45) is 4.99 Å². The lowest BCUT2D eigenvalue weighted by molar-refractivity contribution is 0.102. The molecule has 6 heteroatoms. The number of hydrogen-bond acceptors (Lipinski definition) is 5. The fourth-order valence-electron chi connectivity index (χ4n) is 3.13. The molecule has 0 saturated heterocycles. The van der Waals surface area contributed by atoms with Crippen LogP contribution in [0.2, 0.25) is 0 Å². The van der Waals surface area contributed by atoms with E-state index in [0.29, 0.717) is 17.0 Å². The van der Waals surface area contributed by atoms with Crippen LogP contribution >= 0.6 is 22.7 Å². The topological polar surface area (TPSA) is 50.7 Å². The molecule has 1 aromatic carbocycles. The van der Waals surface area contributed by atoms with Crippen molar-refractivity contribution < 1.29 is 9.53 Å². The van der Waals surface area contributed by atoms with E-state index < -0.39 is 0 Å². The number of carbonyl (C=O) groups is 1. The molecule has 26 heavy (non-hydrogen) atoms. The number of rotatable bonds is 5. The smallest absolute Gasteiger partial charge is 0.259 e. The van der Waals surface area contributed by atoms with Crippen molar-refractivity contribution >= 4 is 45.5 Å². The average molecular weight is 383 g/mol. The molecule has 1 amide bonds. The highest BCUT2D eigenvalue weighted by atomic mass is 32.1. The first kappa shape index (κ1) is 17.0. The highest BCUT2D eigenvalue weighted by Gasteiger charge is 2.26. The Labute approximate surface area is 160 Å². The SMILES string of the molecule is COc1ccccc1NC(=O)c1c(/N=C/c2cccs2)sc2c1CCC2. The van der Waals surface area contributed by atoms with Crippen molar-refractivity contribution in [3.63, 3.8) is 0 Å². The van der Waals surface area contributed by atoms with Crippen molar-refractivity contribution in [1.29, 1.82) is 0 Å². The number of aryl methyl sites for hydroxylation is 1. The molecule has 0 fully saturated rings. The van der Waals surface area contributed by atoms with Gasteiger partial charge in [0.2, 0.25) is 0 Å². The fourth-order valence-corrected chi connectivity index (χ4v) is 4.95. The van der Waals surface area contributed by atoms with Gasteiger partial charge in [-0.2, -0.15) is 0 Å². The summed E-state index contributed by atoms with van der Waals surface area (Å²) in [5.41, 5.74) is 2.54. The number of hydrogen-bond donors (Lipinski definition) is 1. The molecule has 0 saturated carbocycles. The molecular formula is C20H18N2O2S2. The Morgan fingerprint density at radius 3 is 2.92 bits per heavy atom. The number of benzene rings is 1. The minimum absolute atomic E-state index is 0.118. The predicted molar refractivity (Wildman–Crippen MR) is 109 cm³/mol. The van der Waals surface area contributed by atoms with Crippen molar-refractivity contribution in [1.82, 2.24) is 0 Å². The molecule has 4 nitrogen and oxygen atoms in total. The largest absolute Gasteiger partial charge is 0.495 e. The van der Waals surface area contributed by atoms with Gasteiger partial charge in [-0.15, -0.1) is 22.7 Å². The summed E-state index contributed by atoms with van der Waals surface area (Å²) in [5.74, 6) is 0.531. The zero-order chi connectivity index (χ0) is 17.9. The first-order valence-electron chi connectivity index (χ1n) is 8.42. The standard InChI is InChI=1S/C20H18N2O2S2/c1-24-16-9-3-2-8-15(16)22-19(23)18-14-7-4-10-17(14)26-20(18)21-12-13-6-5-11-25-13/h2-3,5-6,8-9,11-12H,4,7,10H2,1H3,(H,22,23)/b21-12+. The van der Waals surface area contributed by atoms with E-state index in [1.807, 2.05) is 48.0 Å². The summed E-state index contributed by atoms with van der Waals surface area (Å²) in [6.07, 6.45) is 4.91. The highest BCUT2D eigenvalue weighted by molar-refractivity contribution is 7.16. The van der Waals surface area contributed by atoms with Crippen LogP contribution in [0.1, 0.15) is 32.1 Å². The second-order valence-electron chi connectivity index (χ2n) is 5.97. The molecule has 0 spiro atoms. The Kier molecular flexibility index (Phi) is 4.86. The van der Waals surface area contributed by atoms with Crippen molar-refractivity contribution in [2.75, 3.05) is 12.4 Å². The van der Waals surface area contributed by atoms with Crippen LogP contribution in [0, 0.1) is 0 Å². The lowest BCUT2D eigenvalue weighted by Crippen LogP contribution is -2.13. The zero-order valence-corrected chi connectivity index (χ0v) is 16.0. The quantitative estimate of drug-likeness (QED) is 0.608. The van der Waals surface area contributed by atoms with Crippen molar-refractivity contribution in [3.05, 3.63) is 62.7 Å². The number of para-hydroxylation sites is 2. The predicted octanol–water partition coefficient (Wildman–Crippen LogP) is 5.31. The Morgan fingerprint density at radius 1 is 1.23 bits per heavy atom. The minimum atomic E-state index is -0.118. The number of nitrogens with zero attached hydrogens (tertiary/aromatic N) is 1. The molecular weight excluding hydrogens is 364 g/mol. The third kappa shape index (κ3) is 3.30. The molecule has 1 aliphatic rings. The van der Waals surface area contributed by atoms with Crippen LogP contribution < -0.4 is 10.1 Å². The first-order chi connectivity index (χ1) is 12.8. The van der Waals surface area contributed by atoms with Gasteiger partial charge in [0.15, 0.2) is 0 Å². The Hall–Kier alpha value is -2.44. The van der Waals surface area contributed by atoms with Gasteiger partial charge in [-0.05, 0) is 48.4 Å². The van der Waals surface area contributed by atoms with E-state index in [9.17, 15) is 4.79 Å². The molecule has 3 aromatic rings. The molecule has 0 radical (unpaired) electrons. The summed E-state index contributed by atoms with van der Waals surface area (Å²) >= 11 is 3.27. The van der Waals surface area contributed by atoms with Gasteiger partial charge in [0.05, 0.1) is 18.4 Å². The fraction of sp³-hybridized carbons (Fsp3) is 0.200. The van der Waals surface area contributed by atoms with Gasteiger partial charge in [0.1, 0.15) is 10.8 Å². The van der Waals surface area contributed by atoms with E-state index in [1.54, 1.807) is 29.8 Å². The van der Waals surface area contributed by atoms with Gasteiger partial charge in [-0.3, -0.25) is 4.79 Å². The Bertz CT molecular complexity index is 958. The van der Waals surface area contributed by atoms with Gasteiger partial charge in [-0.25, -0.2) is 4.99 Å². The molecule has 0 unspecified atom stereocenters. The van der Waals surface area contributed by atoms with Crippen LogP contribution in [0.15, 0.2) is 46.8 Å². The zero-order valence-electron chi connectivity index (χ0n) is 14.3. The highest BCUT2D eigenvalue weighted by Crippen LogP contribution is 2.41. The first-order valence-corrected chi connectivity index (χ1v) is 10.1. The van der Waals surface area contributed by atoms with E-state index in [4.69, 9.17) is 4.74 Å². The number of fused-ring (bicyclic) bond motifs is 1. The van der Waals surface area contributed by atoms with Crippen LogP contribution in [0.4, 0.5) is 10.7 Å². The number of anilines is 1. The summed E-state index contributed by atoms with van der Waals surface area (Å²) in [5, 5.41) is 5.81. The normalized spacial score (nSPS) is 13.1. The molecule has 0 atom stereocenters. The van der Waals surface area contributed by atoms with Crippen molar-refractivity contribution in [3.8, 4) is 5.75 Å². The third-order valence-electron chi connectivity index (χ3n) is 4.34. The second kappa shape index (κ2) is 7.43. The van der Waals surface area contributed by atoms with Crippen LogP contribution in [0.5, 0.6) is 5.75 Å². The molecule has 4 rings (SSSR count). The molecule has 132 valence electrons. The van der Waals surface area contributed by atoms with E-state index in [1.165, 1.54) is 4.88 Å². The molecule has 0 aliphatic heterocycles. The lowest BCUT2D eigenvalue weighted by Gasteiger charge is -2.10. The monoisotopic (exact) mass is 382 g/mol. The van der Waals surface area contributed by atoms with Crippen LogP contribution in [0.3, 0.4) is 0 Å². The van der Waals surface area contributed by atoms with Gasteiger partial charge < -0.3 is 10.1 Å². The van der Waals surface area contributed by atoms with Crippen LogP contribution in [-0.4, -0.2) is 19.2 Å². The van der Waals surface area contributed by atoms with Gasteiger partial charge >= 0.3 is 0 Å². The molecule has 2 aromatic heterocycles. The molecule has 1 aliphatic carbocycles. The summed E-state index contributed by atoms with van der Waals surface area (Å²) in [6.45, 7) is 0. The summed E-state index contributed by atoms with van der Waals surface area (Å²) in [7, 11) is 1.60. The number of methoxy groups -OCH3 is 1. The molecule has 2 heterocycles. The maximum atomic E-state index is 13.1. The summed E-state index contributed by atoms with van der Waals surface area (Å²) < 4.78 is 5.34. The second-order valence-corrected chi connectivity index (χ2v) is 8.03. The van der Waals surface area contributed by atoms with Crippen molar-refractivity contribution in [2.45, 2.75) is 19.3 Å². The van der Waals surface area contributed by atoms with Gasteiger partial charge in [0, 0.05) is 16.0 Å². The van der Waals surface area contributed by atoms with Gasteiger partial charge in [-0.1, -0.05) is 18.2 Å². The van der Waals surface area contributed by atoms with E-state index >= 15 is 0 Å². The van der Waals surface area contributed by atoms with Crippen LogP contribution in [0.25, 0.3) is 0 Å². The maximum Gasteiger partial charge on any atom is 0.259 e. The van der Waals surface area contributed by atoms with E-state index in [0.717, 1.165) is 34.7 Å².